The van der Waals surface area contributed by atoms with Gasteiger partial charge in [-0.3, -0.25) is 4.79 Å². The zero-order valence-electron chi connectivity index (χ0n) is 9.11. The third kappa shape index (κ3) is 3.10. The van der Waals surface area contributed by atoms with E-state index in [1.807, 2.05) is 12.3 Å². The Balaban J connectivity index is 2.01. The van der Waals surface area contributed by atoms with Gasteiger partial charge in [-0.25, -0.2) is 9.97 Å². The number of carbonyl (C=O) groups excluding carboxylic acids is 1. The molecule has 0 bridgehead atoms. The van der Waals surface area contributed by atoms with Gasteiger partial charge in [0.1, 0.15) is 4.60 Å². The summed E-state index contributed by atoms with van der Waals surface area (Å²) in [6, 6.07) is 3.45. The summed E-state index contributed by atoms with van der Waals surface area (Å²) in [6.45, 7) is 2.37. The normalized spacial score (nSPS) is 10.2. The lowest BCUT2D eigenvalue weighted by Crippen LogP contribution is -2.23. The molecule has 1 N–H and O–H groups in total. The molecule has 2 aromatic heterocycles. The van der Waals surface area contributed by atoms with Crippen LogP contribution < -0.4 is 5.32 Å². The van der Waals surface area contributed by atoms with Crippen molar-refractivity contribution < 1.29 is 4.79 Å². The number of aryl methyl sites for hydroxylation is 1. The lowest BCUT2D eigenvalue weighted by molar-refractivity contribution is 0.0949. The number of hydrogen-bond acceptors (Lipinski definition) is 4. The summed E-state index contributed by atoms with van der Waals surface area (Å²) in [7, 11) is 0. The highest BCUT2D eigenvalue weighted by molar-refractivity contribution is 9.10. The number of hydrogen-bond donors (Lipinski definition) is 1. The molecule has 0 radical (unpaired) electrons. The molecule has 0 aliphatic rings. The van der Waals surface area contributed by atoms with Crippen molar-refractivity contribution in [1.29, 1.82) is 0 Å². The van der Waals surface area contributed by atoms with Crippen LogP contribution in [-0.4, -0.2) is 15.9 Å². The lowest BCUT2D eigenvalue weighted by Gasteiger charge is -2.04. The number of nitrogens with zero attached hydrogens (tertiary/aromatic N) is 2. The van der Waals surface area contributed by atoms with Gasteiger partial charge in [0.15, 0.2) is 0 Å². The van der Waals surface area contributed by atoms with Gasteiger partial charge in [-0.05, 0) is 35.0 Å². The molecule has 1 amide bonds. The van der Waals surface area contributed by atoms with Crippen LogP contribution in [0.25, 0.3) is 0 Å². The number of rotatable bonds is 3. The average molecular weight is 312 g/mol. The second-order valence-corrected chi connectivity index (χ2v) is 5.20. The van der Waals surface area contributed by atoms with Crippen molar-refractivity contribution in [3.05, 3.63) is 44.6 Å². The van der Waals surface area contributed by atoms with Crippen molar-refractivity contribution in [3.8, 4) is 0 Å². The van der Waals surface area contributed by atoms with Crippen molar-refractivity contribution in [2.45, 2.75) is 13.5 Å². The highest BCUT2D eigenvalue weighted by Crippen LogP contribution is 2.13. The van der Waals surface area contributed by atoms with Crippen LogP contribution >= 0.6 is 27.3 Å². The highest BCUT2D eigenvalue weighted by Gasteiger charge is 2.10. The van der Waals surface area contributed by atoms with Gasteiger partial charge in [-0.2, -0.15) is 0 Å². The van der Waals surface area contributed by atoms with Crippen LogP contribution in [0.5, 0.6) is 0 Å². The predicted octanol–water partition coefficient (Wildman–Crippen LogP) is 2.54. The van der Waals surface area contributed by atoms with Crippen molar-refractivity contribution in [2.75, 3.05) is 0 Å². The Kier molecular flexibility index (Phi) is 3.86. The monoisotopic (exact) mass is 311 g/mol. The van der Waals surface area contributed by atoms with Gasteiger partial charge in [-0.1, -0.05) is 0 Å². The summed E-state index contributed by atoms with van der Waals surface area (Å²) in [5, 5.41) is 5.74. The van der Waals surface area contributed by atoms with Crippen LogP contribution in [-0.2, 0) is 6.54 Å². The number of thiazole rings is 1. The minimum atomic E-state index is -0.157. The molecule has 0 saturated carbocycles. The quantitative estimate of drug-likeness (QED) is 0.886. The number of carbonyl (C=O) groups is 1. The number of amides is 1. The molecule has 0 spiro atoms. The summed E-state index contributed by atoms with van der Waals surface area (Å²) in [6.07, 6.45) is 1.63. The SMILES string of the molecule is Cc1nc(CNC(=O)c2cccnc2Br)cs1. The maximum Gasteiger partial charge on any atom is 0.254 e. The molecule has 17 heavy (non-hydrogen) atoms. The average Bonchev–Trinajstić information content (AvgIpc) is 2.73. The fourth-order valence-corrected chi connectivity index (χ4v) is 2.35. The Bertz CT molecular complexity index is 541. The second-order valence-electron chi connectivity index (χ2n) is 3.38. The third-order valence-electron chi connectivity index (χ3n) is 2.10. The van der Waals surface area contributed by atoms with E-state index >= 15 is 0 Å². The Morgan fingerprint density at radius 3 is 3.06 bits per heavy atom. The molecule has 4 nitrogen and oxygen atoms in total. The lowest BCUT2D eigenvalue weighted by atomic mass is 10.2. The zero-order valence-corrected chi connectivity index (χ0v) is 11.5. The number of pyridine rings is 1. The largest absolute Gasteiger partial charge is 0.346 e. The van der Waals surface area contributed by atoms with Crippen molar-refractivity contribution >= 4 is 33.2 Å². The first kappa shape index (κ1) is 12.2. The van der Waals surface area contributed by atoms with Gasteiger partial charge >= 0.3 is 0 Å². The fraction of sp³-hybridized carbons (Fsp3) is 0.182. The van der Waals surface area contributed by atoms with Crippen LogP contribution in [0.1, 0.15) is 21.1 Å². The summed E-state index contributed by atoms with van der Waals surface area (Å²) in [5.74, 6) is -0.157. The molecular formula is C11H10BrN3OS. The molecule has 2 rings (SSSR count). The second kappa shape index (κ2) is 5.37. The molecule has 6 heteroatoms. The first-order valence-corrected chi connectivity index (χ1v) is 6.64. The van der Waals surface area contributed by atoms with E-state index in [1.165, 1.54) is 0 Å². The highest BCUT2D eigenvalue weighted by atomic mass is 79.9. The molecule has 0 fully saturated rings. The summed E-state index contributed by atoms with van der Waals surface area (Å²) in [5.41, 5.74) is 1.40. The van der Waals surface area contributed by atoms with E-state index in [4.69, 9.17) is 0 Å². The summed E-state index contributed by atoms with van der Waals surface area (Å²) >= 11 is 4.81. The summed E-state index contributed by atoms with van der Waals surface area (Å²) < 4.78 is 0.548. The van der Waals surface area contributed by atoms with E-state index < -0.39 is 0 Å². The maximum absolute atomic E-state index is 11.8. The van der Waals surface area contributed by atoms with Crippen LogP contribution in [0, 0.1) is 6.92 Å². The van der Waals surface area contributed by atoms with Gasteiger partial charge in [0.25, 0.3) is 5.91 Å². The Labute approximate surface area is 111 Å². The molecule has 2 heterocycles. The van der Waals surface area contributed by atoms with Gasteiger partial charge in [-0.15, -0.1) is 11.3 Å². The zero-order chi connectivity index (χ0) is 12.3. The van der Waals surface area contributed by atoms with Crippen molar-refractivity contribution in [2.24, 2.45) is 0 Å². The molecule has 0 aromatic carbocycles. The van der Waals surface area contributed by atoms with E-state index in [2.05, 4.69) is 31.2 Å². The van der Waals surface area contributed by atoms with Crippen molar-refractivity contribution in [3.63, 3.8) is 0 Å². The molecule has 0 atom stereocenters. The van der Waals surface area contributed by atoms with Crippen LogP contribution in [0.4, 0.5) is 0 Å². The van der Waals surface area contributed by atoms with Gasteiger partial charge < -0.3 is 5.32 Å². The topological polar surface area (TPSA) is 54.9 Å². The fourth-order valence-electron chi connectivity index (χ4n) is 1.31. The summed E-state index contributed by atoms with van der Waals surface area (Å²) in [4.78, 5) is 20.1. The minimum Gasteiger partial charge on any atom is -0.346 e. The van der Waals surface area contributed by atoms with Crippen molar-refractivity contribution in [1.82, 2.24) is 15.3 Å². The minimum absolute atomic E-state index is 0.157. The van der Waals surface area contributed by atoms with Gasteiger partial charge in [0.2, 0.25) is 0 Å². The third-order valence-corrected chi connectivity index (χ3v) is 3.55. The molecule has 0 aliphatic heterocycles. The van der Waals surface area contributed by atoms with Crippen LogP contribution in [0.15, 0.2) is 28.3 Å². The molecule has 0 unspecified atom stereocenters. The maximum atomic E-state index is 11.8. The van der Waals surface area contributed by atoms with Crippen LogP contribution in [0.3, 0.4) is 0 Å². The number of nitrogens with one attached hydrogen (secondary N) is 1. The Morgan fingerprint density at radius 2 is 2.41 bits per heavy atom. The molecule has 0 saturated heterocycles. The standard InChI is InChI=1S/C11H10BrN3OS/c1-7-15-8(6-17-7)5-14-11(16)9-3-2-4-13-10(9)12/h2-4,6H,5H2,1H3,(H,14,16). The van der Waals surface area contributed by atoms with E-state index in [0.29, 0.717) is 16.7 Å². The molecule has 88 valence electrons. The van der Waals surface area contributed by atoms with E-state index in [0.717, 1.165) is 10.7 Å². The Hall–Kier alpha value is -1.27. The first-order chi connectivity index (χ1) is 8.16. The first-order valence-electron chi connectivity index (χ1n) is 4.96. The number of aromatic nitrogens is 2. The molecule has 0 aliphatic carbocycles. The molecule has 2 aromatic rings. The molecular weight excluding hydrogens is 302 g/mol. The smallest absolute Gasteiger partial charge is 0.254 e. The van der Waals surface area contributed by atoms with E-state index in [9.17, 15) is 4.79 Å². The van der Waals surface area contributed by atoms with E-state index in [1.54, 1.807) is 29.7 Å². The van der Waals surface area contributed by atoms with Gasteiger partial charge in [0, 0.05) is 11.6 Å². The van der Waals surface area contributed by atoms with E-state index in [-0.39, 0.29) is 5.91 Å². The van der Waals surface area contributed by atoms with Gasteiger partial charge in [0.05, 0.1) is 22.8 Å². The Morgan fingerprint density at radius 1 is 1.59 bits per heavy atom. The number of halogens is 1. The van der Waals surface area contributed by atoms with Crippen LogP contribution in [0.2, 0.25) is 0 Å². The predicted molar refractivity (Wildman–Crippen MR) is 70.0 cm³/mol.